The van der Waals surface area contributed by atoms with Gasteiger partial charge in [0.15, 0.2) is 0 Å². The first-order chi connectivity index (χ1) is 20.7. The fourth-order valence-corrected chi connectivity index (χ4v) is 5.87. The van der Waals surface area contributed by atoms with Crippen molar-refractivity contribution < 1.29 is 0 Å². The smallest absolute Gasteiger partial charge is 0.149 e. The highest BCUT2D eigenvalue weighted by Gasteiger charge is 2.29. The lowest BCUT2D eigenvalue weighted by molar-refractivity contribution is 1.10. The highest BCUT2D eigenvalue weighted by atomic mass is 35.5. The Morgan fingerprint density at radius 2 is 0.976 bits per heavy atom. The molecule has 0 fully saturated rings. The summed E-state index contributed by atoms with van der Waals surface area (Å²) in [6.45, 7) is 0. The van der Waals surface area contributed by atoms with Crippen molar-refractivity contribution >= 4 is 22.4 Å². The van der Waals surface area contributed by atoms with Crippen LogP contribution in [0.1, 0.15) is 5.69 Å². The number of fused-ring (bicyclic) bond motifs is 1. The number of nitriles is 1. The van der Waals surface area contributed by atoms with Gasteiger partial charge in [-0.05, 0) is 41.0 Å². The molecule has 7 rings (SSSR count). The average Bonchev–Trinajstić information content (AvgIpc) is 3.42. The van der Waals surface area contributed by atoms with Crippen LogP contribution in [0.3, 0.4) is 0 Å². The van der Waals surface area contributed by atoms with Crippen LogP contribution in [0.2, 0.25) is 5.02 Å². The summed E-state index contributed by atoms with van der Waals surface area (Å²) in [4.78, 5) is 5.11. The quantitative estimate of drug-likeness (QED) is 0.211. The van der Waals surface area contributed by atoms with Crippen LogP contribution < -0.4 is 0 Å². The zero-order valence-electron chi connectivity index (χ0n) is 22.6. The molecule has 0 saturated carbocycles. The first kappa shape index (κ1) is 25.5. The topological polar surface area (TPSA) is 41.6 Å². The average molecular weight is 558 g/mol. The maximum absolute atomic E-state index is 10.6. The fraction of sp³-hybridized carbons (Fsp3) is 0. The van der Waals surface area contributed by atoms with Crippen molar-refractivity contribution in [2.45, 2.75) is 0 Å². The number of aromatic nitrogens is 2. The Morgan fingerprint density at radius 3 is 1.48 bits per heavy atom. The van der Waals surface area contributed by atoms with E-state index in [4.69, 9.17) is 16.6 Å². The maximum atomic E-state index is 10.6. The predicted octanol–water partition coefficient (Wildman–Crippen LogP) is 10.2. The molecule has 198 valence electrons. The predicted molar refractivity (Wildman–Crippen MR) is 173 cm³/mol. The molecule has 4 heteroatoms. The molecule has 0 atom stereocenters. The van der Waals surface area contributed by atoms with Gasteiger partial charge in [0.25, 0.3) is 0 Å². The molecular weight excluding hydrogens is 534 g/mol. The van der Waals surface area contributed by atoms with Crippen molar-refractivity contribution in [3.63, 3.8) is 0 Å². The van der Waals surface area contributed by atoms with E-state index in [2.05, 4.69) is 83.4 Å². The van der Waals surface area contributed by atoms with E-state index in [9.17, 15) is 5.26 Å². The van der Waals surface area contributed by atoms with Crippen molar-refractivity contribution in [3.05, 3.63) is 156 Å². The van der Waals surface area contributed by atoms with Crippen molar-refractivity contribution in [2.75, 3.05) is 0 Å². The van der Waals surface area contributed by atoms with Gasteiger partial charge in [0.2, 0.25) is 0 Å². The van der Waals surface area contributed by atoms with E-state index < -0.39 is 0 Å². The van der Waals surface area contributed by atoms with Crippen LogP contribution >= 0.6 is 11.6 Å². The Labute approximate surface area is 249 Å². The van der Waals surface area contributed by atoms with Gasteiger partial charge in [-0.1, -0.05) is 133 Å². The minimum Gasteiger partial charge on any atom is -0.308 e. The molecule has 0 amide bonds. The minimum atomic E-state index is 0.387. The van der Waals surface area contributed by atoms with Gasteiger partial charge in [0.05, 0.1) is 17.1 Å². The molecule has 0 unspecified atom stereocenters. The van der Waals surface area contributed by atoms with Gasteiger partial charge in [-0.3, -0.25) is 0 Å². The van der Waals surface area contributed by atoms with Gasteiger partial charge in [-0.25, -0.2) is 4.98 Å². The normalized spacial score (nSPS) is 11.0. The van der Waals surface area contributed by atoms with Crippen molar-refractivity contribution in [1.29, 1.82) is 5.26 Å². The van der Waals surface area contributed by atoms with E-state index in [1.165, 1.54) is 0 Å². The third kappa shape index (κ3) is 4.36. The van der Waals surface area contributed by atoms with E-state index in [1.807, 2.05) is 72.8 Å². The molecule has 0 saturated heterocycles. The van der Waals surface area contributed by atoms with Gasteiger partial charge in [0.1, 0.15) is 11.8 Å². The van der Waals surface area contributed by atoms with E-state index >= 15 is 0 Å². The number of benzene rings is 5. The Bertz CT molecular complexity index is 2060. The standard InChI is InChI=1S/C38H24ClN3/c39-30-21-23-31(24-22-30)42-37(28-17-9-3-10-18-28)34-33(26-13-5-1-6-14-26)32(25-40)41-36(27-15-7-2-8-16-27)35(34)38(42)29-19-11-4-12-20-29/h1-24H. The van der Waals surface area contributed by atoms with Gasteiger partial charge in [-0.2, -0.15) is 5.26 Å². The number of hydrogen-bond donors (Lipinski definition) is 0. The van der Waals surface area contributed by atoms with Gasteiger partial charge in [0, 0.05) is 32.6 Å². The third-order valence-electron chi connectivity index (χ3n) is 7.51. The van der Waals surface area contributed by atoms with Crippen LogP contribution in [0.5, 0.6) is 0 Å². The monoisotopic (exact) mass is 557 g/mol. The first-order valence-electron chi connectivity index (χ1n) is 13.7. The number of nitrogens with zero attached hydrogens (tertiary/aromatic N) is 3. The van der Waals surface area contributed by atoms with Crippen LogP contribution in [0.4, 0.5) is 0 Å². The summed E-state index contributed by atoms with van der Waals surface area (Å²) < 4.78 is 2.30. The largest absolute Gasteiger partial charge is 0.308 e. The molecule has 5 aromatic carbocycles. The molecule has 0 N–H and O–H groups in total. The summed E-state index contributed by atoms with van der Waals surface area (Å²) in [5.74, 6) is 0. The Morgan fingerprint density at radius 1 is 0.524 bits per heavy atom. The van der Waals surface area contributed by atoms with Crippen molar-refractivity contribution in [2.24, 2.45) is 0 Å². The van der Waals surface area contributed by atoms with E-state index in [0.717, 1.165) is 61.4 Å². The second-order valence-electron chi connectivity index (χ2n) is 10.0. The van der Waals surface area contributed by atoms with E-state index in [0.29, 0.717) is 10.7 Å². The summed E-state index contributed by atoms with van der Waals surface area (Å²) in [6, 6.07) is 51.4. The molecule has 42 heavy (non-hydrogen) atoms. The number of pyridine rings is 1. The molecule has 7 aromatic rings. The van der Waals surface area contributed by atoms with Gasteiger partial charge >= 0.3 is 0 Å². The number of rotatable bonds is 5. The summed E-state index contributed by atoms with van der Waals surface area (Å²) in [5, 5.41) is 13.2. The molecule has 2 aromatic heterocycles. The fourth-order valence-electron chi connectivity index (χ4n) is 5.75. The van der Waals surface area contributed by atoms with Crippen LogP contribution in [-0.2, 0) is 0 Å². The molecule has 0 aliphatic heterocycles. The highest BCUT2D eigenvalue weighted by molar-refractivity contribution is 6.30. The SMILES string of the molecule is N#Cc1nc(-c2ccccc2)c2c(-c3ccccc3)n(-c3ccc(Cl)cc3)c(-c3ccccc3)c2c1-c1ccccc1. The summed E-state index contributed by atoms with van der Waals surface area (Å²) in [5.41, 5.74) is 8.89. The molecule has 3 nitrogen and oxygen atoms in total. The molecule has 0 bridgehead atoms. The number of hydrogen-bond acceptors (Lipinski definition) is 2. The summed E-state index contributed by atoms with van der Waals surface area (Å²) >= 11 is 6.39. The van der Waals surface area contributed by atoms with Crippen molar-refractivity contribution in [3.8, 4) is 56.7 Å². The van der Waals surface area contributed by atoms with Crippen LogP contribution in [0.25, 0.3) is 61.4 Å². The second kappa shape index (κ2) is 10.9. The zero-order chi connectivity index (χ0) is 28.5. The molecule has 0 aliphatic carbocycles. The van der Waals surface area contributed by atoms with E-state index in [-0.39, 0.29) is 0 Å². The lowest BCUT2D eigenvalue weighted by Gasteiger charge is -2.15. The Balaban J connectivity index is 1.80. The molecule has 0 spiro atoms. The Kier molecular flexibility index (Phi) is 6.60. The zero-order valence-corrected chi connectivity index (χ0v) is 23.3. The molecule has 0 radical (unpaired) electrons. The van der Waals surface area contributed by atoms with Gasteiger partial charge < -0.3 is 4.57 Å². The molecule has 0 aliphatic rings. The summed E-state index contributed by atoms with van der Waals surface area (Å²) in [6.07, 6.45) is 0. The third-order valence-corrected chi connectivity index (χ3v) is 7.76. The lowest BCUT2D eigenvalue weighted by atomic mass is 9.92. The first-order valence-corrected chi connectivity index (χ1v) is 14.1. The van der Waals surface area contributed by atoms with Gasteiger partial charge in [-0.15, -0.1) is 0 Å². The minimum absolute atomic E-state index is 0.387. The molecule has 2 heterocycles. The molecular formula is C38H24ClN3. The second-order valence-corrected chi connectivity index (χ2v) is 10.5. The lowest BCUT2D eigenvalue weighted by Crippen LogP contribution is -1.99. The van der Waals surface area contributed by atoms with Crippen LogP contribution in [0, 0.1) is 11.3 Å². The van der Waals surface area contributed by atoms with E-state index in [1.54, 1.807) is 0 Å². The van der Waals surface area contributed by atoms with Crippen LogP contribution in [0.15, 0.2) is 146 Å². The highest BCUT2D eigenvalue weighted by Crippen LogP contribution is 2.49. The van der Waals surface area contributed by atoms with Crippen LogP contribution in [-0.4, -0.2) is 9.55 Å². The maximum Gasteiger partial charge on any atom is 0.149 e. The Hall–Kier alpha value is -5.43. The van der Waals surface area contributed by atoms with Crippen molar-refractivity contribution in [1.82, 2.24) is 9.55 Å². The number of halogens is 1. The summed E-state index contributed by atoms with van der Waals surface area (Å²) in [7, 11) is 0.